The lowest BCUT2D eigenvalue weighted by Crippen LogP contribution is -2.54. The smallest absolute Gasteiger partial charge is 0.262 e. The molecule has 6 heteroatoms. The molecule has 3 N–H and O–H groups in total. The SMILES string of the molecule is CC(C)CC(C)(CN)NC(=O)CN1C(=O)c2ccccc2C1=O. The van der Waals surface area contributed by atoms with Crippen LogP contribution < -0.4 is 11.1 Å². The zero-order valence-corrected chi connectivity index (χ0v) is 13.8. The van der Waals surface area contributed by atoms with Gasteiger partial charge in [-0.15, -0.1) is 0 Å². The highest BCUT2D eigenvalue weighted by molar-refractivity contribution is 6.22. The molecule has 0 saturated heterocycles. The Morgan fingerprint density at radius 2 is 1.74 bits per heavy atom. The van der Waals surface area contributed by atoms with Crippen LogP contribution in [-0.4, -0.2) is 41.2 Å². The van der Waals surface area contributed by atoms with Crippen LogP contribution >= 0.6 is 0 Å². The molecule has 1 aromatic carbocycles. The summed E-state index contributed by atoms with van der Waals surface area (Å²) in [5.41, 5.74) is 5.90. The molecule has 124 valence electrons. The maximum absolute atomic E-state index is 12.3. The quantitative estimate of drug-likeness (QED) is 0.770. The van der Waals surface area contributed by atoms with Gasteiger partial charge in [0.05, 0.1) is 11.1 Å². The first-order valence-electron chi connectivity index (χ1n) is 7.74. The van der Waals surface area contributed by atoms with E-state index in [0.29, 0.717) is 23.6 Å². The van der Waals surface area contributed by atoms with Crippen molar-refractivity contribution >= 4 is 17.7 Å². The molecule has 1 aliphatic rings. The molecule has 0 saturated carbocycles. The lowest BCUT2D eigenvalue weighted by atomic mass is 9.90. The van der Waals surface area contributed by atoms with Gasteiger partial charge in [0.25, 0.3) is 11.8 Å². The normalized spacial score (nSPS) is 16.5. The van der Waals surface area contributed by atoms with Crippen LogP contribution in [0, 0.1) is 5.92 Å². The van der Waals surface area contributed by atoms with Crippen molar-refractivity contribution in [3.63, 3.8) is 0 Å². The van der Waals surface area contributed by atoms with Crippen molar-refractivity contribution in [2.45, 2.75) is 32.7 Å². The van der Waals surface area contributed by atoms with Crippen LogP contribution in [0.5, 0.6) is 0 Å². The van der Waals surface area contributed by atoms with Crippen LogP contribution in [0.3, 0.4) is 0 Å². The molecule has 1 unspecified atom stereocenters. The highest BCUT2D eigenvalue weighted by atomic mass is 16.2. The Bertz CT molecular complexity index is 607. The summed E-state index contributed by atoms with van der Waals surface area (Å²) in [5.74, 6) is -0.880. The van der Waals surface area contributed by atoms with Crippen LogP contribution in [0.4, 0.5) is 0 Å². The number of nitrogens with two attached hydrogens (primary N) is 1. The fourth-order valence-corrected chi connectivity index (χ4v) is 2.99. The molecule has 0 spiro atoms. The predicted octanol–water partition coefficient (Wildman–Crippen LogP) is 1.16. The summed E-state index contributed by atoms with van der Waals surface area (Å²) < 4.78 is 0. The van der Waals surface area contributed by atoms with Gasteiger partial charge in [-0.3, -0.25) is 19.3 Å². The van der Waals surface area contributed by atoms with Gasteiger partial charge in [0, 0.05) is 12.1 Å². The molecule has 0 bridgehead atoms. The number of amides is 3. The molecule has 0 aliphatic carbocycles. The summed E-state index contributed by atoms with van der Waals surface area (Å²) in [5, 5.41) is 2.86. The van der Waals surface area contributed by atoms with Crippen molar-refractivity contribution in [2.24, 2.45) is 11.7 Å². The molecule has 1 atom stereocenters. The maximum atomic E-state index is 12.3. The second kappa shape index (κ2) is 6.50. The Morgan fingerprint density at radius 1 is 1.22 bits per heavy atom. The number of carbonyl (C=O) groups excluding carboxylic acids is 3. The zero-order chi connectivity index (χ0) is 17.2. The molecule has 6 nitrogen and oxygen atoms in total. The third-order valence-electron chi connectivity index (χ3n) is 3.93. The number of hydrogen-bond donors (Lipinski definition) is 2. The van der Waals surface area contributed by atoms with Crippen molar-refractivity contribution in [1.82, 2.24) is 10.2 Å². The Kier molecular flexibility index (Phi) is 4.85. The fraction of sp³-hybridized carbons (Fsp3) is 0.471. The third-order valence-corrected chi connectivity index (χ3v) is 3.93. The van der Waals surface area contributed by atoms with Gasteiger partial charge in [-0.25, -0.2) is 0 Å². The molecular weight excluding hydrogens is 294 g/mol. The van der Waals surface area contributed by atoms with E-state index in [-0.39, 0.29) is 12.5 Å². The van der Waals surface area contributed by atoms with E-state index >= 15 is 0 Å². The lowest BCUT2D eigenvalue weighted by Gasteiger charge is -2.31. The third kappa shape index (κ3) is 3.59. The molecule has 2 rings (SSSR count). The summed E-state index contributed by atoms with van der Waals surface area (Å²) in [4.78, 5) is 37.8. The lowest BCUT2D eigenvalue weighted by molar-refractivity contribution is -0.123. The minimum atomic E-state index is -0.552. The highest BCUT2D eigenvalue weighted by Gasteiger charge is 2.37. The molecule has 1 aromatic rings. The van der Waals surface area contributed by atoms with E-state index in [0.717, 1.165) is 11.3 Å². The number of benzene rings is 1. The fourth-order valence-electron chi connectivity index (χ4n) is 2.99. The van der Waals surface area contributed by atoms with E-state index < -0.39 is 17.4 Å². The van der Waals surface area contributed by atoms with Gasteiger partial charge in [0.2, 0.25) is 5.91 Å². The standard InChI is InChI=1S/C17H23N3O3/c1-11(2)8-17(3,10-18)19-14(21)9-20-15(22)12-6-4-5-7-13(12)16(20)23/h4-7,11H,8-10,18H2,1-3H3,(H,19,21). The molecule has 0 radical (unpaired) electrons. The molecule has 3 amide bonds. The topological polar surface area (TPSA) is 92.5 Å². The highest BCUT2D eigenvalue weighted by Crippen LogP contribution is 2.22. The maximum Gasteiger partial charge on any atom is 0.262 e. The van der Waals surface area contributed by atoms with Gasteiger partial charge in [-0.2, -0.15) is 0 Å². The molecule has 0 fully saturated rings. The van der Waals surface area contributed by atoms with Gasteiger partial charge < -0.3 is 11.1 Å². The number of rotatable bonds is 6. The summed E-state index contributed by atoms with van der Waals surface area (Å²) >= 11 is 0. The van der Waals surface area contributed by atoms with E-state index in [4.69, 9.17) is 5.73 Å². The van der Waals surface area contributed by atoms with Crippen LogP contribution in [0.2, 0.25) is 0 Å². The predicted molar refractivity (Wildman–Crippen MR) is 86.9 cm³/mol. The van der Waals surface area contributed by atoms with Gasteiger partial charge in [-0.1, -0.05) is 26.0 Å². The second-order valence-corrected chi connectivity index (χ2v) is 6.65. The Morgan fingerprint density at radius 3 is 2.17 bits per heavy atom. The minimum Gasteiger partial charge on any atom is -0.348 e. The molecule has 0 aromatic heterocycles. The number of imide groups is 1. The second-order valence-electron chi connectivity index (χ2n) is 6.65. The van der Waals surface area contributed by atoms with Gasteiger partial charge in [-0.05, 0) is 31.4 Å². The van der Waals surface area contributed by atoms with Crippen molar-refractivity contribution in [3.8, 4) is 0 Å². The van der Waals surface area contributed by atoms with Crippen LogP contribution in [0.1, 0.15) is 47.9 Å². The van der Waals surface area contributed by atoms with Crippen molar-refractivity contribution in [2.75, 3.05) is 13.1 Å². The number of carbonyl (C=O) groups is 3. The van der Waals surface area contributed by atoms with Gasteiger partial charge in [0.1, 0.15) is 6.54 Å². The van der Waals surface area contributed by atoms with E-state index in [1.807, 2.05) is 20.8 Å². The van der Waals surface area contributed by atoms with Crippen LogP contribution in [0.25, 0.3) is 0 Å². The summed E-state index contributed by atoms with van der Waals surface area (Å²) in [6, 6.07) is 6.58. The van der Waals surface area contributed by atoms with E-state index in [9.17, 15) is 14.4 Å². The van der Waals surface area contributed by atoms with E-state index in [1.165, 1.54) is 0 Å². The largest absolute Gasteiger partial charge is 0.348 e. The molecule has 1 aliphatic heterocycles. The van der Waals surface area contributed by atoms with E-state index in [2.05, 4.69) is 5.32 Å². The summed E-state index contributed by atoms with van der Waals surface area (Å²) in [6.07, 6.45) is 0.720. The minimum absolute atomic E-state index is 0.291. The first-order valence-corrected chi connectivity index (χ1v) is 7.74. The molecule has 1 heterocycles. The first-order chi connectivity index (χ1) is 10.8. The van der Waals surface area contributed by atoms with Gasteiger partial charge in [0.15, 0.2) is 0 Å². The van der Waals surface area contributed by atoms with Gasteiger partial charge >= 0.3 is 0 Å². The summed E-state index contributed by atoms with van der Waals surface area (Å²) in [7, 11) is 0. The number of fused-ring (bicyclic) bond motifs is 1. The van der Waals surface area contributed by atoms with Crippen molar-refractivity contribution in [1.29, 1.82) is 0 Å². The zero-order valence-electron chi connectivity index (χ0n) is 13.8. The van der Waals surface area contributed by atoms with Crippen molar-refractivity contribution < 1.29 is 14.4 Å². The van der Waals surface area contributed by atoms with Crippen molar-refractivity contribution in [3.05, 3.63) is 35.4 Å². The Hall–Kier alpha value is -2.21. The Balaban J connectivity index is 2.07. The van der Waals surface area contributed by atoms with Crippen LogP contribution in [-0.2, 0) is 4.79 Å². The average Bonchev–Trinajstić information content (AvgIpc) is 2.72. The van der Waals surface area contributed by atoms with Crippen LogP contribution in [0.15, 0.2) is 24.3 Å². The average molecular weight is 317 g/mol. The molecule has 23 heavy (non-hydrogen) atoms. The number of hydrogen-bond acceptors (Lipinski definition) is 4. The number of nitrogens with one attached hydrogen (secondary N) is 1. The number of nitrogens with zero attached hydrogens (tertiary/aromatic N) is 1. The van der Waals surface area contributed by atoms with E-state index in [1.54, 1.807) is 24.3 Å². The Labute approximate surface area is 136 Å². The summed E-state index contributed by atoms with van der Waals surface area (Å²) in [6.45, 7) is 5.96. The first kappa shape index (κ1) is 17.1. The molecular formula is C17H23N3O3. The monoisotopic (exact) mass is 317 g/mol.